The molecule has 1 atom stereocenters. The molecule has 1 unspecified atom stereocenters. The summed E-state index contributed by atoms with van der Waals surface area (Å²) < 4.78 is 0. The Balaban J connectivity index is 1.90. The maximum absolute atomic E-state index is 12.9. The number of nitrogens with one attached hydrogen (secondary N) is 2. The lowest BCUT2D eigenvalue weighted by Gasteiger charge is -2.12. The first-order valence-corrected chi connectivity index (χ1v) is 7.97. The van der Waals surface area contributed by atoms with Crippen LogP contribution < -0.4 is 10.7 Å². The van der Waals surface area contributed by atoms with Gasteiger partial charge in [0.1, 0.15) is 5.71 Å². The van der Waals surface area contributed by atoms with Gasteiger partial charge in [-0.25, -0.2) is 5.21 Å². The topological polar surface area (TPSA) is 89.2 Å². The van der Waals surface area contributed by atoms with Crippen molar-refractivity contribution in [3.8, 4) is 0 Å². The molecule has 3 rings (SSSR count). The van der Waals surface area contributed by atoms with Crippen LogP contribution in [-0.4, -0.2) is 16.7 Å². The normalized spacial score (nSPS) is 12.5. The largest absolute Gasteiger partial charge is 0.595 e. The highest BCUT2D eigenvalue weighted by atomic mass is 16.8. The quantitative estimate of drug-likeness (QED) is 0.363. The first-order valence-electron chi connectivity index (χ1n) is 7.97. The predicted molar refractivity (Wildman–Crippen MR) is 99.6 cm³/mol. The van der Waals surface area contributed by atoms with Gasteiger partial charge in [-0.15, -0.1) is 0 Å². The fourth-order valence-electron chi connectivity index (χ4n) is 2.38. The number of hydrazone groups is 1. The van der Waals surface area contributed by atoms with Crippen molar-refractivity contribution in [1.82, 2.24) is 0 Å². The van der Waals surface area contributed by atoms with Crippen LogP contribution >= 0.6 is 0 Å². The van der Waals surface area contributed by atoms with E-state index in [0.29, 0.717) is 16.8 Å². The van der Waals surface area contributed by atoms with E-state index in [0.717, 1.165) is 0 Å². The third-order valence-corrected chi connectivity index (χ3v) is 3.73. The highest BCUT2D eigenvalue weighted by molar-refractivity contribution is 6.51. The van der Waals surface area contributed by atoms with Crippen molar-refractivity contribution >= 4 is 22.9 Å². The van der Waals surface area contributed by atoms with E-state index in [1.165, 1.54) is 12.1 Å². The first-order chi connectivity index (χ1) is 12.6. The van der Waals surface area contributed by atoms with E-state index in [4.69, 9.17) is 5.21 Å². The van der Waals surface area contributed by atoms with Crippen molar-refractivity contribution in [2.24, 2.45) is 5.10 Å². The summed E-state index contributed by atoms with van der Waals surface area (Å²) in [6, 6.07) is 24.2. The minimum Gasteiger partial charge on any atom is -0.595 e. The van der Waals surface area contributed by atoms with Gasteiger partial charge >= 0.3 is 0 Å². The van der Waals surface area contributed by atoms with Gasteiger partial charge in [0, 0.05) is 23.3 Å². The Bertz CT molecular complexity index is 893. The molecule has 0 aromatic heterocycles. The molecule has 0 amide bonds. The molecule has 0 aliphatic carbocycles. The van der Waals surface area contributed by atoms with Crippen molar-refractivity contribution in [3.05, 3.63) is 101 Å². The van der Waals surface area contributed by atoms with Crippen LogP contribution in [0.4, 0.5) is 11.4 Å². The van der Waals surface area contributed by atoms with Crippen molar-refractivity contribution in [1.29, 1.82) is 0 Å². The van der Waals surface area contributed by atoms with Crippen molar-refractivity contribution in [2.45, 2.75) is 0 Å². The van der Waals surface area contributed by atoms with Gasteiger partial charge in [0.15, 0.2) is 5.69 Å². The molecule has 0 aliphatic heterocycles. The Morgan fingerprint density at radius 3 is 1.92 bits per heavy atom. The molecule has 0 aliphatic rings. The lowest BCUT2D eigenvalue weighted by atomic mass is 10.0. The summed E-state index contributed by atoms with van der Waals surface area (Å²) in [4.78, 5) is 12.9. The Labute approximate surface area is 150 Å². The van der Waals surface area contributed by atoms with Gasteiger partial charge < -0.3 is 5.21 Å². The lowest BCUT2D eigenvalue weighted by molar-refractivity contribution is -0.991. The summed E-state index contributed by atoms with van der Waals surface area (Å²) in [5.41, 5.74) is 5.11. The van der Waals surface area contributed by atoms with E-state index in [2.05, 4.69) is 10.5 Å². The molecule has 130 valence electrons. The van der Waals surface area contributed by atoms with Crippen LogP contribution in [-0.2, 0) is 0 Å². The molecular formula is C20H17N3O3. The van der Waals surface area contributed by atoms with E-state index in [1.54, 1.807) is 36.4 Å². The molecule has 3 aromatic carbocycles. The van der Waals surface area contributed by atoms with E-state index in [-0.39, 0.29) is 17.2 Å². The zero-order valence-corrected chi connectivity index (χ0v) is 13.8. The van der Waals surface area contributed by atoms with Gasteiger partial charge in [-0.05, 0) is 12.1 Å². The third-order valence-electron chi connectivity index (χ3n) is 3.73. The van der Waals surface area contributed by atoms with Gasteiger partial charge in [-0.1, -0.05) is 60.7 Å². The van der Waals surface area contributed by atoms with Gasteiger partial charge in [-0.2, -0.15) is 10.3 Å². The molecule has 0 bridgehead atoms. The van der Waals surface area contributed by atoms with Crippen LogP contribution in [0.15, 0.2) is 90.0 Å². The number of hydrogen-bond donors (Lipinski definition) is 3. The Morgan fingerprint density at radius 2 is 1.38 bits per heavy atom. The van der Waals surface area contributed by atoms with Gasteiger partial charge in [-0.3, -0.25) is 10.2 Å². The summed E-state index contributed by atoms with van der Waals surface area (Å²) >= 11 is 0. The second-order valence-electron chi connectivity index (χ2n) is 5.52. The second-order valence-corrected chi connectivity index (χ2v) is 5.52. The summed E-state index contributed by atoms with van der Waals surface area (Å²) in [5, 5.41) is 23.2. The Kier molecular flexibility index (Phi) is 5.50. The predicted octanol–water partition coefficient (Wildman–Crippen LogP) is 2.79. The van der Waals surface area contributed by atoms with Crippen LogP contribution in [0, 0.1) is 5.21 Å². The number of carbonyl (C=O) groups excluding carboxylic acids is 1. The Morgan fingerprint density at radius 1 is 0.846 bits per heavy atom. The fourth-order valence-corrected chi connectivity index (χ4v) is 2.38. The molecule has 0 heterocycles. The highest BCUT2D eigenvalue weighted by Gasteiger charge is 2.16. The molecule has 0 saturated heterocycles. The molecule has 0 fully saturated rings. The number of quaternary nitrogens is 1. The van der Waals surface area contributed by atoms with E-state index < -0.39 is 5.23 Å². The highest BCUT2D eigenvalue weighted by Crippen LogP contribution is 2.13. The minimum atomic E-state index is -0.996. The van der Waals surface area contributed by atoms with Gasteiger partial charge in [0.2, 0.25) is 5.78 Å². The fraction of sp³-hybridized carbons (Fsp3) is 0. The number of anilines is 1. The summed E-state index contributed by atoms with van der Waals surface area (Å²) in [6.45, 7) is 0. The molecule has 0 radical (unpaired) electrons. The summed E-state index contributed by atoms with van der Waals surface area (Å²) in [6.07, 6.45) is 0. The van der Waals surface area contributed by atoms with E-state index in [9.17, 15) is 10.0 Å². The molecule has 0 spiro atoms. The maximum atomic E-state index is 12.9. The van der Waals surface area contributed by atoms with Crippen LogP contribution in [0.5, 0.6) is 0 Å². The zero-order valence-electron chi connectivity index (χ0n) is 13.8. The Hall–Kier alpha value is -3.32. The first kappa shape index (κ1) is 17.5. The van der Waals surface area contributed by atoms with Crippen LogP contribution in [0.1, 0.15) is 15.9 Å². The SMILES string of the molecule is O=C(/C(=N/Nc1ccc([NH+]([O-])O)cc1)c1ccccc1)c1ccccc1. The summed E-state index contributed by atoms with van der Waals surface area (Å²) in [5.74, 6) is -0.202. The lowest BCUT2D eigenvalue weighted by Crippen LogP contribution is -2.99. The second kappa shape index (κ2) is 8.17. The maximum Gasteiger partial charge on any atom is 0.213 e. The number of carbonyl (C=O) groups is 1. The average molecular weight is 347 g/mol. The molecule has 3 aromatic rings. The number of ketones is 1. The smallest absolute Gasteiger partial charge is 0.213 e. The number of hydrogen-bond acceptors (Lipinski definition) is 5. The molecule has 6 nitrogen and oxygen atoms in total. The van der Waals surface area contributed by atoms with Crippen LogP contribution in [0.25, 0.3) is 0 Å². The van der Waals surface area contributed by atoms with Crippen molar-refractivity contribution in [3.63, 3.8) is 0 Å². The van der Waals surface area contributed by atoms with Gasteiger partial charge in [0.25, 0.3) is 0 Å². The molecule has 3 N–H and O–H groups in total. The van der Waals surface area contributed by atoms with Crippen LogP contribution in [0.3, 0.4) is 0 Å². The van der Waals surface area contributed by atoms with Crippen molar-refractivity contribution < 1.29 is 15.2 Å². The summed E-state index contributed by atoms with van der Waals surface area (Å²) in [7, 11) is 0. The number of Topliss-reactive ketones (excluding diaryl/α,β-unsaturated/α-hetero) is 1. The van der Waals surface area contributed by atoms with Crippen LogP contribution in [0.2, 0.25) is 0 Å². The van der Waals surface area contributed by atoms with Gasteiger partial charge in [0.05, 0.1) is 5.69 Å². The number of rotatable bonds is 6. The third kappa shape index (κ3) is 4.20. The molecular weight excluding hydrogens is 330 g/mol. The van der Waals surface area contributed by atoms with E-state index >= 15 is 0 Å². The molecule has 26 heavy (non-hydrogen) atoms. The standard InChI is InChI=1S/C20H17N3O3/c24-20(16-9-5-2-6-10-16)19(15-7-3-1-4-8-15)22-21-17-11-13-18(14-12-17)23(25)26/h1-14,21,23,25H/b22-19+. The number of nitrogens with zero attached hydrogens (tertiary/aromatic N) is 1. The minimum absolute atomic E-state index is 0.183. The number of benzene rings is 3. The molecule has 6 heteroatoms. The molecule has 0 saturated carbocycles. The zero-order chi connectivity index (χ0) is 18.4. The average Bonchev–Trinajstić information content (AvgIpc) is 2.70. The van der Waals surface area contributed by atoms with Crippen molar-refractivity contribution in [2.75, 3.05) is 5.43 Å². The van der Waals surface area contributed by atoms with E-state index in [1.807, 2.05) is 36.4 Å². The monoisotopic (exact) mass is 347 g/mol.